The number of hydrogen-bond donors (Lipinski definition) is 0. The van der Waals surface area contributed by atoms with Crippen molar-refractivity contribution in [2.45, 2.75) is 4.21 Å². The maximum atomic E-state index is 12.4. The first-order valence-corrected chi connectivity index (χ1v) is 9.91. The Bertz CT molecular complexity index is 1020. The van der Waals surface area contributed by atoms with E-state index in [0.717, 1.165) is 26.4 Å². The lowest BCUT2D eigenvalue weighted by Gasteiger charge is -2.15. The molecule has 130 valence electrons. The van der Waals surface area contributed by atoms with Gasteiger partial charge in [-0.25, -0.2) is 8.42 Å². The predicted molar refractivity (Wildman–Crippen MR) is 98.7 cm³/mol. The first-order chi connectivity index (χ1) is 11.9. The molecular weight excluding hydrogens is 382 g/mol. The second-order valence-electron chi connectivity index (χ2n) is 5.27. The molecule has 5 nitrogen and oxygen atoms in total. The van der Waals surface area contributed by atoms with Crippen LogP contribution in [0.2, 0.25) is 4.34 Å². The van der Waals surface area contributed by atoms with Crippen molar-refractivity contribution in [1.29, 1.82) is 0 Å². The Morgan fingerprint density at radius 3 is 2.56 bits per heavy atom. The first-order valence-electron chi connectivity index (χ1n) is 7.28. The molecule has 0 unspecified atom stereocenters. The normalized spacial score (nSPS) is 11.8. The highest BCUT2D eigenvalue weighted by Gasteiger charge is 2.25. The Labute approximate surface area is 154 Å². The quantitative estimate of drug-likeness (QED) is 0.487. The number of rotatable bonds is 5. The van der Waals surface area contributed by atoms with Crippen LogP contribution in [0.25, 0.3) is 10.8 Å². The third-order valence-corrected chi connectivity index (χ3v) is 7.04. The summed E-state index contributed by atoms with van der Waals surface area (Å²) in [5, 5.41) is 1.72. The second kappa shape index (κ2) is 7.13. The number of carbonyl (C=O) groups is 1. The van der Waals surface area contributed by atoms with E-state index in [2.05, 4.69) is 0 Å². The van der Waals surface area contributed by atoms with Crippen LogP contribution in [0.5, 0.6) is 5.75 Å². The minimum atomic E-state index is -3.78. The van der Waals surface area contributed by atoms with Gasteiger partial charge in [0.1, 0.15) is 16.5 Å². The molecule has 0 aliphatic carbocycles. The lowest BCUT2D eigenvalue weighted by Crippen LogP contribution is -2.33. The summed E-state index contributed by atoms with van der Waals surface area (Å²) < 4.78 is 31.6. The van der Waals surface area contributed by atoms with E-state index in [4.69, 9.17) is 16.3 Å². The minimum absolute atomic E-state index is 0.0814. The average Bonchev–Trinajstić information content (AvgIpc) is 3.02. The Hall–Kier alpha value is -1.93. The molecule has 0 bridgehead atoms. The highest BCUT2D eigenvalue weighted by molar-refractivity contribution is 7.91. The van der Waals surface area contributed by atoms with Gasteiger partial charge in [-0.3, -0.25) is 4.79 Å². The summed E-state index contributed by atoms with van der Waals surface area (Å²) in [6.07, 6.45) is 0. The second-order valence-corrected chi connectivity index (χ2v) is 9.26. The Balaban J connectivity index is 1.76. The molecular formula is C17H14ClNO4S2. The molecule has 0 saturated heterocycles. The van der Waals surface area contributed by atoms with Crippen molar-refractivity contribution in [3.63, 3.8) is 0 Å². The van der Waals surface area contributed by atoms with Gasteiger partial charge in [0.25, 0.3) is 10.0 Å². The number of likely N-dealkylation sites (N-methyl/N-ethyl adjacent to an activating group) is 1. The van der Waals surface area contributed by atoms with Crippen molar-refractivity contribution in [1.82, 2.24) is 4.31 Å². The molecule has 0 saturated carbocycles. The molecule has 2 aromatic carbocycles. The van der Waals surface area contributed by atoms with Crippen LogP contribution < -0.4 is 4.74 Å². The number of thiophene rings is 1. The van der Waals surface area contributed by atoms with Crippen LogP contribution in [0.1, 0.15) is 0 Å². The molecule has 0 amide bonds. The molecule has 0 N–H and O–H groups in total. The topological polar surface area (TPSA) is 63.7 Å². The van der Waals surface area contributed by atoms with Crippen LogP contribution in [0.15, 0.2) is 58.8 Å². The van der Waals surface area contributed by atoms with E-state index in [-0.39, 0.29) is 4.21 Å². The molecule has 0 aliphatic rings. The molecule has 0 fully saturated rings. The first kappa shape index (κ1) is 17.9. The van der Waals surface area contributed by atoms with E-state index in [1.54, 1.807) is 12.1 Å². The number of hydrogen-bond acceptors (Lipinski definition) is 5. The van der Waals surface area contributed by atoms with E-state index in [1.165, 1.54) is 19.2 Å². The number of carbonyl (C=O) groups excluding carboxylic acids is 1. The maximum Gasteiger partial charge on any atom is 0.326 e. The Morgan fingerprint density at radius 1 is 1.12 bits per heavy atom. The van der Waals surface area contributed by atoms with Gasteiger partial charge in [0.05, 0.1) is 4.34 Å². The van der Waals surface area contributed by atoms with Gasteiger partial charge in [0.15, 0.2) is 0 Å². The molecule has 0 aliphatic heterocycles. The van der Waals surface area contributed by atoms with E-state index >= 15 is 0 Å². The third-order valence-electron chi connectivity index (χ3n) is 3.54. The molecule has 3 aromatic rings. The van der Waals surface area contributed by atoms with Crippen LogP contribution in [-0.2, 0) is 14.8 Å². The number of sulfonamides is 1. The molecule has 8 heteroatoms. The monoisotopic (exact) mass is 395 g/mol. The molecule has 0 spiro atoms. The molecule has 1 aromatic heterocycles. The zero-order valence-corrected chi connectivity index (χ0v) is 15.6. The SMILES string of the molecule is CN(CC(=O)Oc1cccc2ccccc12)S(=O)(=O)c1ccc(Cl)s1. The molecule has 0 radical (unpaired) electrons. The van der Waals surface area contributed by atoms with Gasteiger partial charge in [0.2, 0.25) is 0 Å². The number of esters is 1. The van der Waals surface area contributed by atoms with Crippen LogP contribution in [0.4, 0.5) is 0 Å². The van der Waals surface area contributed by atoms with Crippen molar-refractivity contribution in [3.05, 3.63) is 58.9 Å². The number of benzene rings is 2. The summed E-state index contributed by atoms with van der Waals surface area (Å²) >= 11 is 6.72. The largest absolute Gasteiger partial charge is 0.425 e. The summed E-state index contributed by atoms with van der Waals surface area (Å²) in [4.78, 5) is 12.2. The fourth-order valence-electron chi connectivity index (χ4n) is 2.30. The molecule has 25 heavy (non-hydrogen) atoms. The summed E-state index contributed by atoms with van der Waals surface area (Å²) in [6, 6.07) is 15.7. The van der Waals surface area contributed by atoms with Gasteiger partial charge in [-0.05, 0) is 23.6 Å². The molecule has 3 rings (SSSR count). The lowest BCUT2D eigenvalue weighted by atomic mass is 10.1. The van der Waals surface area contributed by atoms with Crippen molar-refractivity contribution in [2.24, 2.45) is 0 Å². The number of fused-ring (bicyclic) bond motifs is 1. The van der Waals surface area contributed by atoms with Gasteiger partial charge < -0.3 is 4.74 Å². The predicted octanol–water partition coefficient (Wildman–Crippen LogP) is 3.78. The van der Waals surface area contributed by atoms with Crippen molar-refractivity contribution >= 4 is 49.7 Å². The molecule has 1 heterocycles. The van der Waals surface area contributed by atoms with Gasteiger partial charge in [-0.2, -0.15) is 4.31 Å². The number of halogens is 1. The fourth-order valence-corrected chi connectivity index (χ4v) is 5.11. The summed E-state index contributed by atoms with van der Waals surface area (Å²) in [6.45, 7) is -0.402. The lowest BCUT2D eigenvalue weighted by molar-refractivity contribution is -0.134. The highest BCUT2D eigenvalue weighted by Crippen LogP contribution is 2.28. The van der Waals surface area contributed by atoms with Gasteiger partial charge in [-0.15, -0.1) is 11.3 Å². The standard InChI is InChI=1S/C17H14ClNO4S2/c1-19(25(21,22)17-10-9-15(18)24-17)11-16(20)23-14-8-4-6-12-5-2-3-7-13(12)14/h2-10H,11H2,1H3. The third kappa shape index (κ3) is 3.85. The van der Waals surface area contributed by atoms with Gasteiger partial charge in [-0.1, -0.05) is 48.0 Å². The van der Waals surface area contributed by atoms with Crippen LogP contribution >= 0.6 is 22.9 Å². The highest BCUT2D eigenvalue weighted by atomic mass is 35.5. The van der Waals surface area contributed by atoms with Crippen LogP contribution in [0, 0.1) is 0 Å². The fraction of sp³-hybridized carbons (Fsp3) is 0.118. The van der Waals surface area contributed by atoms with Gasteiger partial charge >= 0.3 is 5.97 Å². The average molecular weight is 396 g/mol. The number of nitrogens with zero attached hydrogens (tertiary/aromatic N) is 1. The van der Waals surface area contributed by atoms with E-state index in [9.17, 15) is 13.2 Å². The van der Waals surface area contributed by atoms with E-state index in [1.807, 2.05) is 30.3 Å². The zero-order valence-electron chi connectivity index (χ0n) is 13.2. The summed E-state index contributed by atoms with van der Waals surface area (Å²) in [7, 11) is -2.45. The van der Waals surface area contributed by atoms with Crippen molar-refractivity contribution in [2.75, 3.05) is 13.6 Å². The van der Waals surface area contributed by atoms with Crippen LogP contribution in [0.3, 0.4) is 0 Å². The molecule has 0 atom stereocenters. The van der Waals surface area contributed by atoms with E-state index < -0.39 is 22.5 Å². The van der Waals surface area contributed by atoms with Crippen molar-refractivity contribution < 1.29 is 17.9 Å². The van der Waals surface area contributed by atoms with Crippen LogP contribution in [-0.4, -0.2) is 32.3 Å². The smallest absolute Gasteiger partial charge is 0.326 e. The Morgan fingerprint density at radius 2 is 1.84 bits per heavy atom. The summed E-state index contributed by atoms with van der Waals surface area (Å²) in [5.41, 5.74) is 0. The Kier molecular flexibility index (Phi) is 5.10. The van der Waals surface area contributed by atoms with Crippen molar-refractivity contribution in [3.8, 4) is 5.75 Å². The maximum absolute atomic E-state index is 12.4. The van der Waals surface area contributed by atoms with Gasteiger partial charge in [0, 0.05) is 12.4 Å². The minimum Gasteiger partial charge on any atom is -0.425 e. The van der Waals surface area contributed by atoms with E-state index in [0.29, 0.717) is 10.1 Å². The summed E-state index contributed by atoms with van der Waals surface area (Å²) in [5.74, 6) is -0.266. The zero-order chi connectivity index (χ0) is 18.0. The number of ether oxygens (including phenoxy) is 1.